The number of anilines is 1. The summed E-state index contributed by atoms with van der Waals surface area (Å²) < 4.78 is 5.11. The van der Waals surface area contributed by atoms with Crippen LogP contribution >= 0.6 is 11.8 Å². The third-order valence-corrected chi connectivity index (χ3v) is 3.72. The molecule has 0 fully saturated rings. The molecular weight excluding hydrogens is 254 g/mol. The fourth-order valence-corrected chi connectivity index (χ4v) is 2.48. The number of para-hydroxylation sites is 1. The second kappa shape index (κ2) is 7.22. The molecule has 0 saturated heterocycles. The van der Waals surface area contributed by atoms with Crippen LogP contribution in [-0.2, 0) is 17.9 Å². The molecule has 0 unspecified atom stereocenters. The molecule has 0 aliphatic rings. The van der Waals surface area contributed by atoms with Crippen molar-refractivity contribution in [2.75, 3.05) is 18.7 Å². The van der Waals surface area contributed by atoms with E-state index in [0.717, 1.165) is 6.54 Å². The minimum absolute atomic E-state index is 0.670. The first-order valence-corrected chi connectivity index (χ1v) is 7.49. The molecule has 1 N–H and O–H groups in total. The van der Waals surface area contributed by atoms with Crippen LogP contribution in [0.25, 0.3) is 0 Å². The predicted octanol–water partition coefficient (Wildman–Crippen LogP) is 4.17. The van der Waals surface area contributed by atoms with Gasteiger partial charge in [0.25, 0.3) is 0 Å². The summed E-state index contributed by atoms with van der Waals surface area (Å²) in [5, 5.41) is 3.48. The number of rotatable bonds is 6. The van der Waals surface area contributed by atoms with Crippen molar-refractivity contribution in [3.05, 3.63) is 59.7 Å². The highest BCUT2D eigenvalue weighted by Gasteiger charge is 2.00. The van der Waals surface area contributed by atoms with Crippen molar-refractivity contribution in [3.8, 4) is 0 Å². The van der Waals surface area contributed by atoms with Crippen LogP contribution in [0.15, 0.2) is 53.4 Å². The number of ether oxygens (including phenoxy) is 1. The fraction of sp³-hybridized carbons (Fsp3) is 0.250. The SMILES string of the molecule is COCc1ccc(CNc2ccccc2SC)cc1. The van der Waals surface area contributed by atoms with Gasteiger partial charge >= 0.3 is 0 Å². The normalized spacial score (nSPS) is 10.4. The highest BCUT2D eigenvalue weighted by molar-refractivity contribution is 7.98. The first-order valence-electron chi connectivity index (χ1n) is 6.27. The molecular formula is C16H19NOS. The summed E-state index contributed by atoms with van der Waals surface area (Å²) in [5.41, 5.74) is 3.67. The fourth-order valence-electron chi connectivity index (χ4n) is 1.91. The van der Waals surface area contributed by atoms with Gasteiger partial charge in [0, 0.05) is 24.2 Å². The molecule has 2 nitrogen and oxygen atoms in total. The second-order valence-corrected chi connectivity index (χ2v) is 5.15. The first-order chi connectivity index (χ1) is 9.33. The lowest BCUT2D eigenvalue weighted by molar-refractivity contribution is 0.185. The lowest BCUT2D eigenvalue weighted by Gasteiger charge is -2.10. The van der Waals surface area contributed by atoms with Gasteiger partial charge in [-0.2, -0.15) is 0 Å². The Labute approximate surface area is 119 Å². The van der Waals surface area contributed by atoms with Crippen LogP contribution in [0.4, 0.5) is 5.69 Å². The van der Waals surface area contributed by atoms with E-state index in [1.807, 2.05) is 0 Å². The van der Waals surface area contributed by atoms with Crippen molar-refractivity contribution in [1.29, 1.82) is 0 Å². The smallest absolute Gasteiger partial charge is 0.0713 e. The van der Waals surface area contributed by atoms with Crippen LogP contribution in [-0.4, -0.2) is 13.4 Å². The Kier molecular flexibility index (Phi) is 5.31. The zero-order chi connectivity index (χ0) is 13.5. The van der Waals surface area contributed by atoms with E-state index < -0.39 is 0 Å². The second-order valence-electron chi connectivity index (χ2n) is 4.30. The Morgan fingerprint density at radius 1 is 1.00 bits per heavy atom. The van der Waals surface area contributed by atoms with Crippen LogP contribution < -0.4 is 5.32 Å². The number of thioether (sulfide) groups is 1. The van der Waals surface area contributed by atoms with Crippen LogP contribution in [0.1, 0.15) is 11.1 Å². The molecule has 0 aliphatic carbocycles. The largest absolute Gasteiger partial charge is 0.380 e. The van der Waals surface area contributed by atoms with Crippen molar-refractivity contribution in [2.45, 2.75) is 18.0 Å². The lowest BCUT2D eigenvalue weighted by atomic mass is 10.1. The van der Waals surface area contributed by atoms with Crippen molar-refractivity contribution < 1.29 is 4.74 Å². The lowest BCUT2D eigenvalue weighted by Crippen LogP contribution is -2.00. The Morgan fingerprint density at radius 2 is 1.68 bits per heavy atom. The maximum Gasteiger partial charge on any atom is 0.0713 e. The zero-order valence-electron chi connectivity index (χ0n) is 11.3. The van der Waals surface area contributed by atoms with Gasteiger partial charge in [0.2, 0.25) is 0 Å². The number of nitrogens with one attached hydrogen (secondary N) is 1. The van der Waals surface area contributed by atoms with Gasteiger partial charge in [0.05, 0.1) is 6.61 Å². The molecule has 0 atom stereocenters. The number of benzene rings is 2. The molecule has 0 amide bonds. The monoisotopic (exact) mass is 273 g/mol. The Balaban J connectivity index is 1.98. The highest BCUT2D eigenvalue weighted by atomic mass is 32.2. The van der Waals surface area contributed by atoms with Crippen LogP contribution in [0.2, 0.25) is 0 Å². The van der Waals surface area contributed by atoms with Gasteiger partial charge in [-0.3, -0.25) is 0 Å². The van der Waals surface area contributed by atoms with Gasteiger partial charge < -0.3 is 10.1 Å². The van der Waals surface area contributed by atoms with Gasteiger partial charge in [-0.15, -0.1) is 11.8 Å². The Hall–Kier alpha value is -1.45. The molecule has 0 aromatic heterocycles. The minimum Gasteiger partial charge on any atom is -0.380 e. The topological polar surface area (TPSA) is 21.3 Å². The van der Waals surface area contributed by atoms with Gasteiger partial charge in [0.15, 0.2) is 0 Å². The van der Waals surface area contributed by atoms with Crippen LogP contribution in [0.3, 0.4) is 0 Å². The summed E-state index contributed by atoms with van der Waals surface area (Å²) in [6.07, 6.45) is 2.10. The first kappa shape index (κ1) is 14.0. The number of hydrogen-bond donors (Lipinski definition) is 1. The number of methoxy groups -OCH3 is 1. The third kappa shape index (κ3) is 4.01. The molecule has 2 aromatic rings. The summed E-state index contributed by atoms with van der Waals surface area (Å²) in [5.74, 6) is 0. The molecule has 3 heteroatoms. The highest BCUT2D eigenvalue weighted by Crippen LogP contribution is 2.25. The molecule has 100 valence electrons. The molecule has 2 aromatic carbocycles. The Bertz CT molecular complexity index is 510. The Morgan fingerprint density at radius 3 is 2.37 bits per heavy atom. The van der Waals surface area contributed by atoms with E-state index in [1.165, 1.54) is 21.7 Å². The minimum atomic E-state index is 0.670. The molecule has 0 bridgehead atoms. The third-order valence-electron chi connectivity index (χ3n) is 2.92. The zero-order valence-corrected chi connectivity index (χ0v) is 12.2. The average molecular weight is 273 g/mol. The van der Waals surface area contributed by atoms with E-state index in [0.29, 0.717) is 6.61 Å². The summed E-state index contributed by atoms with van der Waals surface area (Å²) in [7, 11) is 1.72. The summed E-state index contributed by atoms with van der Waals surface area (Å²) in [6, 6.07) is 16.9. The van der Waals surface area contributed by atoms with E-state index >= 15 is 0 Å². The van der Waals surface area contributed by atoms with Gasteiger partial charge in [-0.05, 0) is 29.5 Å². The number of hydrogen-bond acceptors (Lipinski definition) is 3. The van der Waals surface area contributed by atoms with Gasteiger partial charge in [0.1, 0.15) is 0 Å². The van der Waals surface area contributed by atoms with Gasteiger partial charge in [-0.25, -0.2) is 0 Å². The predicted molar refractivity (Wildman–Crippen MR) is 82.7 cm³/mol. The van der Waals surface area contributed by atoms with Crippen molar-refractivity contribution >= 4 is 17.4 Å². The molecule has 0 saturated carbocycles. The van der Waals surface area contributed by atoms with E-state index in [1.54, 1.807) is 18.9 Å². The quantitative estimate of drug-likeness (QED) is 0.798. The maximum absolute atomic E-state index is 5.11. The average Bonchev–Trinajstić information content (AvgIpc) is 2.47. The molecule has 19 heavy (non-hydrogen) atoms. The molecule has 0 heterocycles. The molecule has 0 radical (unpaired) electrons. The molecule has 2 rings (SSSR count). The van der Waals surface area contributed by atoms with Crippen molar-refractivity contribution in [2.24, 2.45) is 0 Å². The van der Waals surface area contributed by atoms with E-state index in [9.17, 15) is 0 Å². The summed E-state index contributed by atoms with van der Waals surface area (Å²) >= 11 is 1.76. The van der Waals surface area contributed by atoms with E-state index in [2.05, 4.69) is 60.1 Å². The van der Waals surface area contributed by atoms with Crippen LogP contribution in [0, 0.1) is 0 Å². The van der Waals surface area contributed by atoms with Crippen molar-refractivity contribution in [3.63, 3.8) is 0 Å². The summed E-state index contributed by atoms with van der Waals surface area (Å²) in [4.78, 5) is 1.28. The molecule has 0 spiro atoms. The van der Waals surface area contributed by atoms with Gasteiger partial charge in [-0.1, -0.05) is 36.4 Å². The summed E-state index contributed by atoms with van der Waals surface area (Å²) in [6.45, 7) is 1.51. The molecule has 0 aliphatic heterocycles. The van der Waals surface area contributed by atoms with E-state index in [-0.39, 0.29) is 0 Å². The van der Waals surface area contributed by atoms with E-state index in [4.69, 9.17) is 4.74 Å². The standard InChI is InChI=1S/C16H19NOS/c1-18-12-14-9-7-13(8-10-14)11-17-15-5-3-4-6-16(15)19-2/h3-10,17H,11-12H2,1-2H3. The maximum atomic E-state index is 5.11. The van der Waals surface area contributed by atoms with Crippen molar-refractivity contribution in [1.82, 2.24) is 0 Å². The van der Waals surface area contributed by atoms with Crippen LogP contribution in [0.5, 0.6) is 0 Å².